The summed E-state index contributed by atoms with van der Waals surface area (Å²) in [5.74, 6) is -4.10. The van der Waals surface area contributed by atoms with Gasteiger partial charge in [0.2, 0.25) is 29.5 Å². The number of unbranched alkanes of at least 4 members (excludes halogenated alkanes) is 2. The first-order valence-electron chi connectivity index (χ1n) is 24.8. The van der Waals surface area contributed by atoms with Crippen LogP contribution < -0.4 is 16.0 Å². The van der Waals surface area contributed by atoms with Gasteiger partial charge in [0, 0.05) is 59.4 Å². The van der Waals surface area contributed by atoms with Gasteiger partial charge in [-0.1, -0.05) is 70.4 Å². The second-order valence-corrected chi connectivity index (χ2v) is 20.9. The minimum Gasteiger partial charge on any atom is -0.458 e. The van der Waals surface area contributed by atoms with Gasteiger partial charge < -0.3 is 40.0 Å². The molecule has 0 bridgehead atoms. The molecule has 384 valence electrons. The van der Waals surface area contributed by atoms with Crippen LogP contribution in [0.25, 0.3) is 0 Å². The van der Waals surface area contributed by atoms with E-state index in [9.17, 15) is 38.4 Å². The summed E-state index contributed by atoms with van der Waals surface area (Å²) in [4.78, 5) is 112. The van der Waals surface area contributed by atoms with Gasteiger partial charge in [0.15, 0.2) is 0 Å². The maximum Gasteiger partial charge on any atom is 0.329 e. The number of methoxy groups -OCH3 is 2. The normalized spacial score (nSPS) is 19.2. The first kappa shape index (κ1) is 56.4. The lowest BCUT2D eigenvalue weighted by atomic mass is 9.88. The fraction of sp³-hybridized carbons (Fsp3) is 0.692. The van der Waals surface area contributed by atoms with Gasteiger partial charge in [0.05, 0.1) is 36.6 Å². The third-order valence-corrected chi connectivity index (χ3v) is 13.6. The summed E-state index contributed by atoms with van der Waals surface area (Å²) >= 11 is 0. The van der Waals surface area contributed by atoms with Crippen molar-refractivity contribution in [1.29, 1.82) is 0 Å². The van der Waals surface area contributed by atoms with Crippen LogP contribution in [-0.2, 0) is 59.0 Å². The van der Waals surface area contributed by atoms with Gasteiger partial charge in [0.1, 0.15) is 23.2 Å². The zero-order valence-corrected chi connectivity index (χ0v) is 43.0. The molecule has 69 heavy (non-hydrogen) atoms. The molecule has 2 fully saturated rings. The Morgan fingerprint density at radius 2 is 1.46 bits per heavy atom. The van der Waals surface area contributed by atoms with Gasteiger partial charge in [-0.05, 0) is 90.5 Å². The van der Waals surface area contributed by atoms with E-state index >= 15 is 0 Å². The van der Waals surface area contributed by atoms with E-state index in [0.29, 0.717) is 38.6 Å². The quantitative estimate of drug-likeness (QED) is 0.0699. The molecule has 1 saturated heterocycles. The van der Waals surface area contributed by atoms with Crippen LogP contribution in [0.15, 0.2) is 42.5 Å². The van der Waals surface area contributed by atoms with E-state index in [1.807, 2.05) is 44.2 Å². The van der Waals surface area contributed by atoms with Crippen LogP contribution in [0, 0.1) is 17.8 Å². The molecule has 1 aliphatic carbocycles. The monoisotopic (exact) mass is 965 g/mol. The molecule has 4 rings (SSSR count). The largest absolute Gasteiger partial charge is 0.458 e. The van der Waals surface area contributed by atoms with E-state index in [-0.39, 0.29) is 67.2 Å². The van der Waals surface area contributed by atoms with Crippen LogP contribution in [0.3, 0.4) is 0 Å². The first-order valence-corrected chi connectivity index (χ1v) is 24.8. The number of carbonyl (C=O) groups is 8. The number of hydrogen-bond donors (Lipinski definition) is 3. The van der Waals surface area contributed by atoms with Crippen molar-refractivity contribution < 1.29 is 52.6 Å². The summed E-state index contributed by atoms with van der Waals surface area (Å²) in [6.45, 7) is 14.6. The molecule has 7 atom stereocenters. The lowest BCUT2D eigenvalue weighted by Crippen LogP contribution is -2.62. The Morgan fingerprint density at radius 3 is 2.04 bits per heavy atom. The second-order valence-electron chi connectivity index (χ2n) is 20.9. The third-order valence-electron chi connectivity index (χ3n) is 13.6. The predicted octanol–water partition coefficient (Wildman–Crippen LogP) is 4.64. The van der Waals surface area contributed by atoms with Crippen molar-refractivity contribution in [3.63, 3.8) is 0 Å². The van der Waals surface area contributed by atoms with E-state index in [0.717, 1.165) is 36.1 Å². The number of benzene rings is 1. The van der Waals surface area contributed by atoms with Crippen LogP contribution >= 0.6 is 0 Å². The zero-order valence-electron chi connectivity index (χ0n) is 43.0. The molecule has 0 radical (unpaired) electrons. The van der Waals surface area contributed by atoms with Crippen LogP contribution in [0.2, 0.25) is 0 Å². The van der Waals surface area contributed by atoms with Crippen LogP contribution in [0.1, 0.15) is 132 Å². The molecule has 0 spiro atoms. The van der Waals surface area contributed by atoms with Crippen molar-refractivity contribution in [1.82, 2.24) is 30.7 Å². The maximum atomic E-state index is 14.6. The highest BCUT2D eigenvalue weighted by molar-refractivity contribution is 6.12. The zero-order chi connectivity index (χ0) is 51.2. The number of nitrogens with one attached hydrogen (secondary N) is 3. The number of amides is 7. The lowest BCUT2D eigenvalue weighted by molar-refractivity contribution is -0.159. The molecule has 2 aliphatic heterocycles. The molecule has 3 aliphatic rings. The molecule has 3 N–H and O–H groups in total. The Kier molecular flexibility index (Phi) is 21.0. The summed E-state index contributed by atoms with van der Waals surface area (Å²) in [6.07, 6.45) is 7.93. The molecule has 7 amide bonds. The average molecular weight is 965 g/mol. The number of likely N-dealkylation sites (N-methyl/N-ethyl adjacent to an activating group) is 1. The van der Waals surface area contributed by atoms with E-state index in [2.05, 4.69) is 16.0 Å². The maximum absolute atomic E-state index is 14.6. The molecule has 1 aromatic carbocycles. The van der Waals surface area contributed by atoms with E-state index < -0.39 is 71.2 Å². The highest BCUT2D eigenvalue weighted by atomic mass is 16.6. The van der Waals surface area contributed by atoms with Gasteiger partial charge in [-0.3, -0.25) is 38.5 Å². The molecule has 1 aromatic rings. The Morgan fingerprint density at radius 1 is 0.826 bits per heavy atom. The Bertz CT molecular complexity index is 1960. The number of carbonyl (C=O) groups excluding carboxylic acids is 8. The van der Waals surface area contributed by atoms with Crippen molar-refractivity contribution in [2.45, 2.75) is 180 Å². The summed E-state index contributed by atoms with van der Waals surface area (Å²) in [6, 6.07) is 6.53. The number of hydrogen-bond acceptors (Lipinski definition) is 11. The Balaban J connectivity index is 1.42. The smallest absolute Gasteiger partial charge is 0.329 e. The standard InChI is InChI=1S/C52H80N6O11/c1-33(2)44(54-50(66)52(7,8)55-40(59)26-16-13-19-29-58-41(60)27-28-42(58)61)48(64)56(9)45(36-23-17-18-24-36)39(67-10)32-43(62)57-30-20-25-38(57)46(68-11)34(3)47(63)53-37(49(65)69-51(4,5)6)31-35-21-14-12-15-22-35/h12,14-15,21-22,27-28,33-34,36-39,44-46H,13,16-20,23-26,29-32H2,1-11H3,(H,53,63)(H,54,66)(H,55,59)/t34-,37+,38+,39-,44+,45+,46-/m1/s1. The summed E-state index contributed by atoms with van der Waals surface area (Å²) in [5.41, 5.74) is -1.27. The van der Waals surface area contributed by atoms with Gasteiger partial charge >= 0.3 is 5.97 Å². The minimum atomic E-state index is -1.36. The average Bonchev–Trinajstić information content (AvgIpc) is 4.07. The van der Waals surface area contributed by atoms with Crippen molar-refractivity contribution >= 4 is 47.3 Å². The number of likely N-dealkylation sites (tertiary alicyclic amines) is 1. The molecular formula is C52H80N6O11. The molecule has 1 saturated carbocycles. The minimum absolute atomic E-state index is 0.0301. The van der Waals surface area contributed by atoms with Crippen LogP contribution in [0.5, 0.6) is 0 Å². The molecule has 0 unspecified atom stereocenters. The fourth-order valence-electron chi connectivity index (χ4n) is 9.86. The van der Waals surface area contributed by atoms with Crippen LogP contribution in [0.4, 0.5) is 0 Å². The third kappa shape index (κ3) is 15.9. The second kappa shape index (κ2) is 25.6. The molecule has 17 nitrogen and oxygen atoms in total. The van der Waals surface area contributed by atoms with Crippen LogP contribution in [-0.4, -0.2) is 144 Å². The lowest BCUT2D eigenvalue weighted by Gasteiger charge is -2.41. The Labute approximate surface area is 409 Å². The number of nitrogens with zero attached hydrogens (tertiary/aromatic N) is 3. The molecular weight excluding hydrogens is 885 g/mol. The van der Waals surface area contributed by atoms with E-state index in [1.54, 1.807) is 65.5 Å². The van der Waals surface area contributed by atoms with Crippen molar-refractivity contribution in [3.8, 4) is 0 Å². The summed E-state index contributed by atoms with van der Waals surface area (Å²) < 4.78 is 17.8. The highest BCUT2D eigenvalue weighted by Crippen LogP contribution is 2.35. The van der Waals surface area contributed by atoms with Gasteiger partial charge in [-0.2, -0.15) is 0 Å². The Hall–Kier alpha value is -5.16. The van der Waals surface area contributed by atoms with Gasteiger partial charge in [-0.25, -0.2) is 4.79 Å². The molecule has 2 heterocycles. The molecule has 0 aromatic heterocycles. The van der Waals surface area contributed by atoms with E-state index in [1.165, 1.54) is 19.3 Å². The first-order chi connectivity index (χ1) is 32.5. The fourth-order valence-corrected chi connectivity index (χ4v) is 9.86. The highest BCUT2D eigenvalue weighted by Gasteiger charge is 2.45. The number of ether oxygens (including phenoxy) is 3. The number of imide groups is 1. The molecule has 17 heteroatoms. The predicted molar refractivity (Wildman–Crippen MR) is 260 cm³/mol. The number of rotatable bonds is 25. The van der Waals surface area contributed by atoms with Crippen molar-refractivity contribution in [3.05, 3.63) is 48.0 Å². The SMILES string of the molecule is CO[C@H]([C@@H](C)C(=O)N[C@@H](Cc1ccccc1)C(=O)OC(C)(C)C)[C@@H]1CCCN1C(=O)C[C@@H](OC)[C@H](C1CCCC1)N(C)C(=O)[C@@H](NC(=O)C(C)(C)NC(=O)CCCCCN1C(=O)C=CC1=O)C(C)C. The van der Waals surface area contributed by atoms with Gasteiger partial charge in [0.25, 0.3) is 11.8 Å². The van der Waals surface area contributed by atoms with Crippen molar-refractivity contribution in [2.24, 2.45) is 17.8 Å². The van der Waals surface area contributed by atoms with Crippen molar-refractivity contribution in [2.75, 3.05) is 34.4 Å². The van der Waals surface area contributed by atoms with Gasteiger partial charge in [-0.15, -0.1) is 0 Å². The topological polar surface area (TPSA) is 210 Å². The van der Waals surface area contributed by atoms with E-state index in [4.69, 9.17) is 14.2 Å². The summed E-state index contributed by atoms with van der Waals surface area (Å²) in [7, 11) is 4.76. The summed E-state index contributed by atoms with van der Waals surface area (Å²) in [5, 5.41) is 8.65. The number of esters is 1.